The van der Waals surface area contributed by atoms with Gasteiger partial charge in [-0.3, -0.25) is 0 Å². The van der Waals surface area contributed by atoms with E-state index in [-0.39, 0.29) is 52.8 Å². The molecule has 0 heterocycles. The van der Waals surface area contributed by atoms with E-state index in [0.29, 0.717) is 12.2 Å². The van der Waals surface area contributed by atoms with E-state index in [4.69, 9.17) is 10.2 Å². The molecule has 0 atom stereocenters. The molecule has 0 bridgehead atoms. The van der Waals surface area contributed by atoms with Crippen LogP contribution >= 0.6 is 0 Å². The minimum Gasteiger partial charge on any atom is -1.00 e. The Balaban J connectivity index is -0.000000158. The summed E-state index contributed by atoms with van der Waals surface area (Å²) in [4.78, 5) is 19.1. The Labute approximate surface area is 179 Å². The maximum atomic E-state index is 9.55. The van der Waals surface area contributed by atoms with Crippen molar-refractivity contribution >= 4 is 11.9 Å². The number of nitrogens with zero attached hydrogens (tertiary/aromatic N) is 1. The Morgan fingerprint density at radius 3 is 1.14 bits per heavy atom. The summed E-state index contributed by atoms with van der Waals surface area (Å²) in [6.45, 7) is 14.8. The van der Waals surface area contributed by atoms with E-state index in [2.05, 4.69) is 27.7 Å². The van der Waals surface area contributed by atoms with Crippen molar-refractivity contribution in [1.29, 1.82) is 0 Å². The van der Waals surface area contributed by atoms with Gasteiger partial charge >= 0.3 is 63.3 Å². The van der Waals surface area contributed by atoms with E-state index in [1.54, 1.807) is 0 Å². The molecule has 0 aliphatic carbocycles. The first-order valence-electron chi connectivity index (χ1n) is 7.86. The van der Waals surface area contributed by atoms with Crippen LogP contribution in [-0.4, -0.2) is 52.8 Å². The number of rotatable bonds is 10. The van der Waals surface area contributed by atoms with Crippen molar-refractivity contribution in [2.24, 2.45) is 0 Å². The van der Waals surface area contributed by atoms with Gasteiger partial charge < -0.3 is 16.1 Å². The van der Waals surface area contributed by atoms with E-state index in [0.717, 1.165) is 0 Å². The molecule has 2 N–H and O–H groups in total. The minimum atomic E-state index is -1.26. The van der Waals surface area contributed by atoms with Gasteiger partial charge in [-0.2, -0.15) is 0 Å². The monoisotopic (exact) mass is 342 g/mol. The standard InChI is InChI=1S/C12H28N.C4H4O4.K.H/c1-5-9-13(10-6-2,11-7-3)12-8-4;5-3(6)1-2-4(7)8;;/h5-12H2,1-4H3;1-2H,(H,5,6)(H,7,8);;/q+1;;+1;-1/b;2-1-;;. The van der Waals surface area contributed by atoms with Crippen LogP contribution in [0.5, 0.6) is 0 Å². The first-order chi connectivity index (χ1) is 9.87. The van der Waals surface area contributed by atoms with Crippen LogP contribution in [0.4, 0.5) is 0 Å². The second kappa shape index (κ2) is 17.6. The number of carboxylic acids is 2. The van der Waals surface area contributed by atoms with Crippen LogP contribution < -0.4 is 51.4 Å². The fourth-order valence-electron chi connectivity index (χ4n) is 2.71. The predicted molar refractivity (Wildman–Crippen MR) is 86.4 cm³/mol. The van der Waals surface area contributed by atoms with E-state index >= 15 is 0 Å². The zero-order chi connectivity index (χ0) is 16.7. The molecular weight excluding hydrogens is 309 g/mol. The number of hydrogen-bond donors (Lipinski definition) is 2. The molecule has 0 aromatic heterocycles. The summed E-state index contributed by atoms with van der Waals surface area (Å²) in [5.41, 5.74) is 0. The molecule has 0 aromatic carbocycles. The summed E-state index contributed by atoms with van der Waals surface area (Å²) in [6.07, 6.45) is 6.45. The molecule has 0 fully saturated rings. The van der Waals surface area contributed by atoms with E-state index < -0.39 is 11.9 Å². The molecular formula is C16H33KNO4+. The summed E-state index contributed by atoms with van der Waals surface area (Å²) < 4.78 is 1.38. The summed E-state index contributed by atoms with van der Waals surface area (Å²) in [5, 5.41) is 15.6. The van der Waals surface area contributed by atoms with Gasteiger partial charge in [-0.05, 0) is 25.7 Å². The van der Waals surface area contributed by atoms with Crippen LogP contribution in [0.1, 0.15) is 54.8 Å². The molecule has 0 aromatic rings. The van der Waals surface area contributed by atoms with Gasteiger partial charge in [-0.15, -0.1) is 0 Å². The fraction of sp³-hybridized carbons (Fsp3) is 0.750. The van der Waals surface area contributed by atoms with Crippen molar-refractivity contribution in [3.05, 3.63) is 12.2 Å². The molecule has 0 aliphatic heterocycles. The predicted octanol–water partition coefficient (Wildman–Crippen LogP) is 0.272. The van der Waals surface area contributed by atoms with Crippen LogP contribution in [-0.2, 0) is 9.59 Å². The Bertz CT molecular complexity index is 280. The Morgan fingerprint density at radius 1 is 0.773 bits per heavy atom. The maximum Gasteiger partial charge on any atom is 1.00 e. The van der Waals surface area contributed by atoms with Crippen LogP contribution in [0, 0.1) is 0 Å². The van der Waals surface area contributed by atoms with Gasteiger partial charge in [0, 0.05) is 12.2 Å². The van der Waals surface area contributed by atoms with Crippen molar-refractivity contribution < 1.29 is 77.1 Å². The van der Waals surface area contributed by atoms with Crippen molar-refractivity contribution in [2.45, 2.75) is 53.4 Å². The largest absolute Gasteiger partial charge is 1.00 e. The van der Waals surface area contributed by atoms with Gasteiger partial charge in [0.15, 0.2) is 0 Å². The molecule has 0 spiro atoms. The number of hydrogen-bond acceptors (Lipinski definition) is 2. The van der Waals surface area contributed by atoms with E-state index in [1.807, 2.05) is 0 Å². The average molecular weight is 343 g/mol. The smallest absolute Gasteiger partial charge is 1.00 e. The van der Waals surface area contributed by atoms with Gasteiger partial charge in [0.1, 0.15) is 0 Å². The van der Waals surface area contributed by atoms with Gasteiger partial charge in [0.05, 0.1) is 26.2 Å². The summed E-state index contributed by atoms with van der Waals surface area (Å²) >= 11 is 0. The van der Waals surface area contributed by atoms with Gasteiger partial charge in [0.25, 0.3) is 0 Å². The normalized spacial score (nSPS) is 10.5. The Kier molecular flexibility index (Phi) is 21.7. The quantitative estimate of drug-likeness (QED) is 0.340. The van der Waals surface area contributed by atoms with E-state index in [9.17, 15) is 9.59 Å². The van der Waals surface area contributed by atoms with Gasteiger partial charge in [0.2, 0.25) is 0 Å². The minimum absolute atomic E-state index is 0. The third-order valence-electron chi connectivity index (χ3n) is 3.16. The topological polar surface area (TPSA) is 74.6 Å². The first-order valence-corrected chi connectivity index (χ1v) is 7.86. The summed E-state index contributed by atoms with van der Waals surface area (Å²) in [5.74, 6) is -2.51. The Hall–Kier alpha value is 0.276. The van der Waals surface area contributed by atoms with Crippen LogP contribution in [0.3, 0.4) is 0 Å². The zero-order valence-electron chi connectivity index (χ0n) is 16.0. The third kappa shape index (κ3) is 16.6. The average Bonchev–Trinajstić information content (AvgIpc) is 2.38. The first kappa shape index (κ1) is 27.1. The molecule has 6 heteroatoms. The molecule has 0 amide bonds. The molecule has 0 unspecified atom stereocenters. The van der Waals surface area contributed by atoms with Crippen molar-refractivity contribution in [3.8, 4) is 0 Å². The second-order valence-corrected chi connectivity index (χ2v) is 5.25. The molecule has 126 valence electrons. The SMILES string of the molecule is CCC[N+](CCC)(CCC)CCC.O=C(O)/C=C\C(=O)O.[H-].[K+]. The Morgan fingerprint density at radius 2 is 1.00 bits per heavy atom. The number of aliphatic carboxylic acids is 2. The number of quaternary nitrogens is 1. The molecule has 22 heavy (non-hydrogen) atoms. The van der Waals surface area contributed by atoms with Crippen molar-refractivity contribution in [1.82, 2.24) is 0 Å². The maximum absolute atomic E-state index is 9.55. The van der Waals surface area contributed by atoms with Gasteiger partial charge in [-0.25, -0.2) is 9.59 Å². The molecule has 5 nitrogen and oxygen atoms in total. The van der Waals surface area contributed by atoms with Crippen LogP contribution in [0.25, 0.3) is 0 Å². The van der Waals surface area contributed by atoms with Crippen LogP contribution in [0.15, 0.2) is 12.2 Å². The fourth-order valence-corrected chi connectivity index (χ4v) is 2.71. The molecule has 0 radical (unpaired) electrons. The van der Waals surface area contributed by atoms with Gasteiger partial charge in [-0.1, -0.05) is 27.7 Å². The molecule has 0 saturated carbocycles. The molecule has 0 saturated heterocycles. The number of carbonyl (C=O) groups is 2. The zero-order valence-corrected chi connectivity index (χ0v) is 18.1. The van der Waals surface area contributed by atoms with Crippen molar-refractivity contribution in [3.63, 3.8) is 0 Å². The van der Waals surface area contributed by atoms with E-state index in [1.165, 1.54) is 56.3 Å². The third-order valence-corrected chi connectivity index (χ3v) is 3.16. The van der Waals surface area contributed by atoms with Crippen LogP contribution in [0.2, 0.25) is 0 Å². The second-order valence-electron chi connectivity index (χ2n) is 5.25. The number of carboxylic acid groups (broad SMARTS) is 2. The summed E-state index contributed by atoms with van der Waals surface area (Å²) in [7, 11) is 0. The summed E-state index contributed by atoms with van der Waals surface area (Å²) in [6, 6.07) is 0. The molecule has 0 aliphatic rings. The molecule has 0 rings (SSSR count). The van der Waals surface area contributed by atoms with Crippen molar-refractivity contribution in [2.75, 3.05) is 26.2 Å².